The number of hydrogen-bond acceptors (Lipinski definition) is 5. The van der Waals surface area contributed by atoms with E-state index in [4.69, 9.17) is 0 Å². The van der Waals surface area contributed by atoms with E-state index in [0.717, 1.165) is 24.9 Å². The number of aromatic nitrogens is 4. The van der Waals surface area contributed by atoms with Crippen LogP contribution in [0.2, 0.25) is 0 Å². The van der Waals surface area contributed by atoms with Crippen LogP contribution in [0.5, 0.6) is 0 Å². The number of aryl methyl sites for hydroxylation is 2. The number of amides is 1. The number of hydrogen-bond donors (Lipinski definition) is 1. The third-order valence-corrected chi connectivity index (χ3v) is 6.20. The third kappa shape index (κ3) is 3.92. The Morgan fingerprint density at radius 2 is 2.00 bits per heavy atom. The van der Waals surface area contributed by atoms with E-state index in [0.29, 0.717) is 34.5 Å². The summed E-state index contributed by atoms with van der Waals surface area (Å²) in [4.78, 5) is 19.9. The number of carbonyl (C=O) groups excluding carboxylic acids is 1. The molecule has 0 aliphatic carbocycles. The van der Waals surface area contributed by atoms with Crippen LogP contribution in [0.1, 0.15) is 34.5 Å². The second kappa shape index (κ2) is 8.90. The van der Waals surface area contributed by atoms with Gasteiger partial charge in [0.15, 0.2) is 0 Å². The number of nitrogens with one attached hydrogen (secondary N) is 1. The highest BCUT2D eigenvalue weighted by atomic mass is 19.1. The number of anilines is 1. The molecule has 5 rings (SSSR count). The molecule has 2 aromatic carbocycles. The van der Waals surface area contributed by atoms with E-state index in [1.54, 1.807) is 31.3 Å². The summed E-state index contributed by atoms with van der Waals surface area (Å²) < 4.78 is 31.4. The highest BCUT2D eigenvalue weighted by Crippen LogP contribution is 2.33. The first-order valence-corrected chi connectivity index (χ1v) is 11.2. The van der Waals surface area contributed by atoms with Crippen molar-refractivity contribution >= 4 is 22.5 Å². The first kappa shape index (κ1) is 22.1. The zero-order valence-corrected chi connectivity index (χ0v) is 18.9. The van der Waals surface area contributed by atoms with Gasteiger partial charge in [-0.25, -0.2) is 18.4 Å². The highest BCUT2D eigenvalue weighted by Gasteiger charge is 2.32. The van der Waals surface area contributed by atoms with Crippen LogP contribution in [0.3, 0.4) is 0 Å². The molecule has 1 N–H and O–H groups in total. The van der Waals surface area contributed by atoms with Gasteiger partial charge < -0.3 is 5.32 Å². The molecule has 0 saturated carbocycles. The predicted molar refractivity (Wildman–Crippen MR) is 125 cm³/mol. The fraction of sp³-hybridized carbons (Fsp3) is 0.280. The molecular formula is C25H24F2N6O. The van der Waals surface area contributed by atoms with E-state index in [2.05, 4.69) is 20.6 Å². The van der Waals surface area contributed by atoms with Crippen LogP contribution in [0.15, 0.2) is 48.8 Å². The normalized spacial score (nSPS) is 16.1. The minimum atomic E-state index is -0.674. The number of halogens is 2. The number of fused-ring (bicyclic) bond motifs is 1. The van der Waals surface area contributed by atoms with Gasteiger partial charge in [-0.15, -0.1) is 5.10 Å². The van der Waals surface area contributed by atoms with Crippen LogP contribution in [-0.2, 0) is 0 Å². The lowest BCUT2D eigenvalue weighted by molar-refractivity contribution is 0.0968. The topological polar surface area (TPSA) is 75.9 Å². The maximum absolute atomic E-state index is 15.3. The average Bonchev–Trinajstić information content (AvgIpc) is 3.28. The Morgan fingerprint density at radius 3 is 2.71 bits per heavy atom. The van der Waals surface area contributed by atoms with Crippen LogP contribution in [0.25, 0.3) is 16.5 Å². The third-order valence-electron chi connectivity index (χ3n) is 6.20. The number of piperidine rings is 1. The summed E-state index contributed by atoms with van der Waals surface area (Å²) in [5.74, 6) is -1.25. The monoisotopic (exact) mass is 462 g/mol. The zero-order valence-electron chi connectivity index (χ0n) is 18.9. The summed E-state index contributed by atoms with van der Waals surface area (Å²) in [6.07, 6.45) is 4.75. The molecule has 3 heterocycles. The standard InChI is InChI=1S/C25H24F2N6O/c1-15-5-8-21(26)19-9-11-29-24(23(15)19)33(18-4-3-10-28-13-18)25(34)20-7-6-17(12-22(20)27)32-14-16(2)30-31-32/h5-9,11-12,14,18,28H,3-4,10,13H2,1-2H3/t18-/m1/s1. The van der Waals surface area contributed by atoms with Crippen molar-refractivity contribution in [2.75, 3.05) is 18.0 Å². The minimum Gasteiger partial charge on any atom is -0.315 e. The van der Waals surface area contributed by atoms with Crippen molar-refractivity contribution in [3.63, 3.8) is 0 Å². The molecule has 1 aliphatic heterocycles. The fourth-order valence-corrected chi connectivity index (χ4v) is 4.50. The molecule has 1 aliphatic rings. The Balaban J connectivity index is 1.62. The Labute approximate surface area is 195 Å². The van der Waals surface area contributed by atoms with Gasteiger partial charge in [0, 0.05) is 29.6 Å². The largest absolute Gasteiger partial charge is 0.315 e. The quantitative estimate of drug-likeness (QED) is 0.494. The SMILES string of the molecule is Cc1cn(-c2ccc(C(=O)N(c3nccc4c(F)ccc(C)c34)[C@@H]3CCCNC3)c(F)c2)nn1. The Morgan fingerprint density at radius 1 is 1.15 bits per heavy atom. The lowest BCUT2D eigenvalue weighted by Gasteiger charge is -2.35. The smallest absolute Gasteiger partial charge is 0.262 e. The minimum absolute atomic E-state index is 0.0842. The molecule has 34 heavy (non-hydrogen) atoms. The number of rotatable bonds is 4. The van der Waals surface area contributed by atoms with E-state index >= 15 is 4.39 Å². The van der Waals surface area contributed by atoms with E-state index in [-0.39, 0.29) is 11.6 Å². The van der Waals surface area contributed by atoms with Crippen molar-refractivity contribution in [1.82, 2.24) is 25.3 Å². The van der Waals surface area contributed by atoms with Crippen LogP contribution in [0, 0.1) is 25.5 Å². The van der Waals surface area contributed by atoms with E-state index in [1.165, 1.54) is 34.0 Å². The molecule has 9 heteroatoms. The molecule has 174 valence electrons. The van der Waals surface area contributed by atoms with Crippen LogP contribution in [0.4, 0.5) is 14.6 Å². The second-order valence-corrected chi connectivity index (χ2v) is 8.57. The molecule has 1 saturated heterocycles. The zero-order chi connectivity index (χ0) is 23.8. The first-order chi connectivity index (χ1) is 16.4. The lowest BCUT2D eigenvalue weighted by Crippen LogP contribution is -2.49. The predicted octanol–water partition coefficient (Wildman–Crippen LogP) is 4.11. The number of carbonyl (C=O) groups is 1. The maximum atomic E-state index is 15.3. The Hall–Kier alpha value is -3.72. The summed E-state index contributed by atoms with van der Waals surface area (Å²) in [5, 5.41) is 12.1. The lowest BCUT2D eigenvalue weighted by atomic mass is 10.0. The van der Waals surface area contributed by atoms with Crippen LogP contribution < -0.4 is 10.2 Å². The van der Waals surface area contributed by atoms with Gasteiger partial charge >= 0.3 is 0 Å². The summed E-state index contributed by atoms with van der Waals surface area (Å²) in [7, 11) is 0. The van der Waals surface area contributed by atoms with Gasteiger partial charge in [0.2, 0.25) is 0 Å². The first-order valence-electron chi connectivity index (χ1n) is 11.2. The fourth-order valence-electron chi connectivity index (χ4n) is 4.50. The molecule has 0 bridgehead atoms. The summed E-state index contributed by atoms with van der Waals surface area (Å²) in [6, 6.07) is 8.76. The molecule has 0 unspecified atom stereocenters. The van der Waals surface area contributed by atoms with Crippen LogP contribution >= 0.6 is 0 Å². The molecular weight excluding hydrogens is 438 g/mol. The maximum Gasteiger partial charge on any atom is 0.262 e. The van der Waals surface area contributed by atoms with Crippen molar-refractivity contribution in [3.8, 4) is 5.69 Å². The van der Waals surface area contributed by atoms with Gasteiger partial charge in [0.25, 0.3) is 5.91 Å². The average molecular weight is 463 g/mol. The van der Waals surface area contributed by atoms with Gasteiger partial charge in [-0.1, -0.05) is 11.3 Å². The molecule has 0 radical (unpaired) electrons. The second-order valence-electron chi connectivity index (χ2n) is 8.57. The summed E-state index contributed by atoms with van der Waals surface area (Å²) in [6.45, 7) is 5.02. The van der Waals surface area contributed by atoms with E-state index < -0.39 is 17.5 Å². The van der Waals surface area contributed by atoms with Crippen molar-refractivity contribution in [1.29, 1.82) is 0 Å². The van der Waals surface area contributed by atoms with Crippen molar-refractivity contribution in [3.05, 3.63) is 77.2 Å². The molecule has 1 amide bonds. The molecule has 0 spiro atoms. The molecule has 1 fully saturated rings. The highest BCUT2D eigenvalue weighted by molar-refractivity contribution is 6.11. The summed E-state index contributed by atoms with van der Waals surface area (Å²) in [5.41, 5.74) is 1.86. The van der Waals surface area contributed by atoms with Gasteiger partial charge in [-0.05, 0) is 63.1 Å². The van der Waals surface area contributed by atoms with Crippen molar-refractivity contribution in [2.45, 2.75) is 32.7 Å². The Bertz CT molecular complexity index is 1380. The van der Waals surface area contributed by atoms with E-state index in [1.807, 2.05) is 6.92 Å². The van der Waals surface area contributed by atoms with Gasteiger partial charge in [-0.2, -0.15) is 0 Å². The number of benzene rings is 2. The Kier molecular flexibility index (Phi) is 5.79. The van der Waals surface area contributed by atoms with Crippen LogP contribution in [-0.4, -0.2) is 45.0 Å². The molecule has 4 aromatic rings. The van der Waals surface area contributed by atoms with Crippen molar-refractivity contribution < 1.29 is 13.6 Å². The van der Waals surface area contributed by atoms with Gasteiger partial charge in [-0.3, -0.25) is 9.69 Å². The van der Waals surface area contributed by atoms with Crippen molar-refractivity contribution in [2.24, 2.45) is 0 Å². The molecule has 2 aromatic heterocycles. The van der Waals surface area contributed by atoms with E-state index in [9.17, 15) is 9.18 Å². The van der Waals surface area contributed by atoms with Gasteiger partial charge in [0.05, 0.1) is 29.2 Å². The molecule has 7 nitrogen and oxygen atoms in total. The number of pyridine rings is 1. The molecule has 1 atom stereocenters. The summed E-state index contributed by atoms with van der Waals surface area (Å²) >= 11 is 0. The number of nitrogens with zero attached hydrogens (tertiary/aromatic N) is 5. The van der Waals surface area contributed by atoms with Gasteiger partial charge in [0.1, 0.15) is 17.5 Å².